The van der Waals surface area contributed by atoms with E-state index in [1.54, 1.807) is 7.11 Å². The van der Waals surface area contributed by atoms with Crippen LogP contribution in [-0.4, -0.2) is 35.3 Å². The second kappa shape index (κ2) is 9.17. The highest BCUT2D eigenvalue weighted by Crippen LogP contribution is 2.35. The number of pyridine rings is 2. The lowest BCUT2D eigenvalue weighted by Gasteiger charge is -2.19. The maximum Gasteiger partial charge on any atom is 0.135 e. The summed E-state index contributed by atoms with van der Waals surface area (Å²) in [6.07, 6.45) is 4.07. The topological polar surface area (TPSA) is 52.0 Å². The van der Waals surface area contributed by atoms with E-state index < -0.39 is 0 Å². The first-order valence-electron chi connectivity index (χ1n) is 11.1. The summed E-state index contributed by atoms with van der Waals surface area (Å²) in [6, 6.07) is 4.86. The Bertz CT molecular complexity index is 1040. The average molecular weight is 409 g/mol. The van der Waals surface area contributed by atoms with Crippen molar-refractivity contribution in [2.75, 3.05) is 26.1 Å². The van der Waals surface area contributed by atoms with Crippen LogP contribution < -0.4 is 5.32 Å². The molecule has 0 saturated heterocycles. The first-order valence-corrected chi connectivity index (χ1v) is 11.1. The number of hydrogen-bond acceptors (Lipinski definition) is 4. The Kier molecular flexibility index (Phi) is 6.81. The van der Waals surface area contributed by atoms with E-state index in [9.17, 15) is 0 Å². The summed E-state index contributed by atoms with van der Waals surface area (Å²) in [5.41, 5.74) is 9.24. The third kappa shape index (κ3) is 3.95. The van der Waals surface area contributed by atoms with Crippen molar-refractivity contribution >= 4 is 16.9 Å². The molecule has 0 aliphatic rings. The van der Waals surface area contributed by atoms with Crippen molar-refractivity contribution in [3.8, 4) is 11.3 Å². The predicted molar refractivity (Wildman–Crippen MR) is 127 cm³/mol. The van der Waals surface area contributed by atoms with E-state index in [0.29, 0.717) is 12.5 Å². The van der Waals surface area contributed by atoms with Crippen molar-refractivity contribution in [1.82, 2.24) is 14.5 Å². The molecule has 5 nitrogen and oxygen atoms in total. The van der Waals surface area contributed by atoms with Crippen molar-refractivity contribution in [2.24, 2.45) is 0 Å². The van der Waals surface area contributed by atoms with E-state index in [1.807, 2.05) is 7.05 Å². The van der Waals surface area contributed by atoms with Crippen molar-refractivity contribution in [3.05, 3.63) is 40.7 Å². The standard InChI is InChI=1S/C25H36N4O/c1-9-18-11-20(25(26-7)28-22(18)15(3)4)24-19(10-2)12-21-23(27-24)16(5)13-29(21)17(6)14-30-8/h11-13,15,17H,9-10,14H2,1-8H3,(H,26,28). The normalized spacial score (nSPS) is 12.7. The van der Waals surface area contributed by atoms with E-state index in [2.05, 4.69) is 69.8 Å². The number of aromatic nitrogens is 3. The molecule has 0 amide bonds. The van der Waals surface area contributed by atoms with Gasteiger partial charge < -0.3 is 14.6 Å². The van der Waals surface area contributed by atoms with Crippen LogP contribution in [0.1, 0.15) is 69.0 Å². The first-order chi connectivity index (χ1) is 14.4. The molecule has 1 atom stereocenters. The van der Waals surface area contributed by atoms with Crippen LogP contribution in [0.15, 0.2) is 18.3 Å². The van der Waals surface area contributed by atoms with Gasteiger partial charge in [-0.05, 0) is 61.4 Å². The number of aryl methyl sites for hydroxylation is 3. The summed E-state index contributed by atoms with van der Waals surface area (Å²) >= 11 is 0. The van der Waals surface area contributed by atoms with Crippen LogP contribution >= 0.6 is 0 Å². The van der Waals surface area contributed by atoms with Gasteiger partial charge in [-0.15, -0.1) is 0 Å². The molecule has 0 bridgehead atoms. The summed E-state index contributed by atoms with van der Waals surface area (Å²) in [6.45, 7) is 13.8. The number of methoxy groups -OCH3 is 1. The third-order valence-corrected chi connectivity index (χ3v) is 5.88. The van der Waals surface area contributed by atoms with Crippen molar-refractivity contribution in [3.63, 3.8) is 0 Å². The van der Waals surface area contributed by atoms with Gasteiger partial charge in [0, 0.05) is 31.6 Å². The molecule has 0 aliphatic carbocycles. The number of nitrogens with zero attached hydrogens (tertiary/aromatic N) is 3. The Morgan fingerprint density at radius 3 is 2.33 bits per heavy atom. The van der Waals surface area contributed by atoms with Gasteiger partial charge in [-0.2, -0.15) is 0 Å². The van der Waals surface area contributed by atoms with Crippen molar-refractivity contribution in [1.29, 1.82) is 0 Å². The van der Waals surface area contributed by atoms with E-state index in [4.69, 9.17) is 14.7 Å². The Balaban J connectivity index is 2.27. The zero-order chi connectivity index (χ0) is 22.0. The Labute approximate surface area is 180 Å². The molecule has 0 spiro atoms. The second-order valence-electron chi connectivity index (χ2n) is 8.43. The zero-order valence-electron chi connectivity index (χ0n) is 19.8. The number of nitrogens with one attached hydrogen (secondary N) is 1. The molecule has 5 heteroatoms. The second-order valence-corrected chi connectivity index (χ2v) is 8.43. The number of fused-ring (bicyclic) bond motifs is 1. The molecule has 0 saturated carbocycles. The highest BCUT2D eigenvalue weighted by Gasteiger charge is 2.20. The SMILES string of the molecule is CCc1cc2c(nc1-c1cc(CC)c(C(C)C)nc1NC)c(C)cn2C(C)COC. The molecule has 0 aromatic carbocycles. The largest absolute Gasteiger partial charge is 0.383 e. The lowest BCUT2D eigenvalue weighted by atomic mass is 9.96. The molecule has 3 rings (SSSR count). The predicted octanol–water partition coefficient (Wildman–Crippen LogP) is 5.90. The zero-order valence-corrected chi connectivity index (χ0v) is 19.8. The molecular formula is C25H36N4O. The van der Waals surface area contributed by atoms with Crippen LogP contribution in [-0.2, 0) is 17.6 Å². The highest BCUT2D eigenvalue weighted by atomic mass is 16.5. The summed E-state index contributed by atoms with van der Waals surface area (Å²) < 4.78 is 7.69. The third-order valence-electron chi connectivity index (χ3n) is 5.88. The maximum absolute atomic E-state index is 5.39. The summed E-state index contributed by atoms with van der Waals surface area (Å²) in [5, 5.41) is 3.32. The molecule has 1 N–H and O–H groups in total. The van der Waals surface area contributed by atoms with Gasteiger partial charge in [0.2, 0.25) is 0 Å². The minimum atomic E-state index is 0.259. The maximum atomic E-state index is 5.39. The van der Waals surface area contributed by atoms with Gasteiger partial charge >= 0.3 is 0 Å². The van der Waals surface area contributed by atoms with E-state index in [-0.39, 0.29) is 6.04 Å². The van der Waals surface area contributed by atoms with E-state index in [1.165, 1.54) is 27.9 Å². The van der Waals surface area contributed by atoms with Gasteiger partial charge in [0.25, 0.3) is 0 Å². The molecule has 162 valence electrons. The Morgan fingerprint density at radius 2 is 1.77 bits per heavy atom. The van der Waals surface area contributed by atoms with Crippen molar-refractivity contribution in [2.45, 2.75) is 66.3 Å². The highest BCUT2D eigenvalue weighted by molar-refractivity contribution is 5.86. The fourth-order valence-electron chi connectivity index (χ4n) is 4.28. The first kappa shape index (κ1) is 22.3. The summed E-state index contributed by atoms with van der Waals surface area (Å²) in [4.78, 5) is 10.2. The van der Waals surface area contributed by atoms with Gasteiger partial charge in [0.15, 0.2) is 0 Å². The number of anilines is 1. The van der Waals surface area contributed by atoms with Gasteiger partial charge in [-0.1, -0.05) is 27.7 Å². The van der Waals surface area contributed by atoms with Gasteiger partial charge in [-0.3, -0.25) is 0 Å². The van der Waals surface area contributed by atoms with Crippen LogP contribution in [0, 0.1) is 6.92 Å². The molecule has 0 radical (unpaired) electrons. The lowest BCUT2D eigenvalue weighted by Crippen LogP contribution is -2.10. The van der Waals surface area contributed by atoms with E-state index >= 15 is 0 Å². The fraction of sp³-hybridized carbons (Fsp3) is 0.520. The monoisotopic (exact) mass is 408 g/mol. The molecule has 0 fully saturated rings. The molecule has 0 aliphatic heterocycles. The molecule has 3 heterocycles. The fourth-order valence-corrected chi connectivity index (χ4v) is 4.28. The smallest absolute Gasteiger partial charge is 0.135 e. The van der Waals surface area contributed by atoms with Gasteiger partial charge in [0.05, 0.1) is 29.4 Å². The summed E-state index contributed by atoms with van der Waals surface area (Å²) in [5.74, 6) is 1.29. The van der Waals surface area contributed by atoms with Crippen molar-refractivity contribution < 1.29 is 4.74 Å². The number of ether oxygens (including phenoxy) is 1. The van der Waals surface area contributed by atoms with Gasteiger partial charge in [0.1, 0.15) is 5.82 Å². The molecule has 30 heavy (non-hydrogen) atoms. The quantitative estimate of drug-likeness (QED) is 0.504. The Hall–Kier alpha value is -2.40. The lowest BCUT2D eigenvalue weighted by molar-refractivity contribution is 0.164. The van der Waals surface area contributed by atoms with E-state index in [0.717, 1.165) is 35.4 Å². The number of hydrogen-bond donors (Lipinski definition) is 1. The molecule has 3 aromatic rings. The molecular weight excluding hydrogens is 372 g/mol. The van der Waals surface area contributed by atoms with Crippen LogP contribution in [0.25, 0.3) is 22.3 Å². The minimum Gasteiger partial charge on any atom is -0.383 e. The van der Waals surface area contributed by atoms with Crippen LogP contribution in [0.5, 0.6) is 0 Å². The number of rotatable bonds is 8. The average Bonchev–Trinajstić information content (AvgIpc) is 3.07. The molecule has 1 unspecified atom stereocenters. The van der Waals surface area contributed by atoms with Gasteiger partial charge in [-0.25, -0.2) is 9.97 Å². The Morgan fingerprint density at radius 1 is 1.07 bits per heavy atom. The summed E-state index contributed by atoms with van der Waals surface area (Å²) in [7, 11) is 3.70. The van der Waals surface area contributed by atoms with Crippen LogP contribution in [0.4, 0.5) is 5.82 Å². The minimum absolute atomic E-state index is 0.259. The van der Waals surface area contributed by atoms with Crippen LogP contribution in [0.3, 0.4) is 0 Å². The molecule has 3 aromatic heterocycles. The van der Waals surface area contributed by atoms with Crippen LogP contribution in [0.2, 0.25) is 0 Å².